The Morgan fingerprint density at radius 3 is 2.65 bits per heavy atom. The molecule has 1 aliphatic heterocycles. The molecule has 2 N–H and O–H groups in total. The third-order valence-electron chi connectivity index (χ3n) is 3.49. The first-order chi connectivity index (χ1) is 9.61. The molecule has 0 radical (unpaired) electrons. The van der Waals surface area contributed by atoms with Gasteiger partial charge in [0, 0.05) is 24.7 Å². The second-order valence-electron chi connectivity index (χ2n) is 4.79. The van der Waals surface area contributed by atoms with Gasteiger partial charge in [0.2, 0.25) is 0 Å². The van der Waals surface area contributed by atoms with Gasteiger partial charge < -0.3 is 15.4 Å². The molecule has 1 unspecified atom stereocenters. The van der Waals surface area contributed by atoms with Crippen LogP contribution in [0.5, 0.6) is 5.75 Å². The fraction of sp³-hybridized carbons (Fsp3) is 0.500. The minimum Gasteiger partial charge on any atom is -0.435 e. The van der Waals surface area contributed by atoms with Crippen LogP contribution in [0.25, 0.3) is 0 Å². The number of likely N-dealkylation sites (tertiary alicyclic amines) is 1. The summed E-state index contributed by atoms with van der Waals surface area (Å²) in [7, 11) is 0. The second kappa shape index (κ2) is 6.65. The number of nitrogens with zero attached hydrogens (tertiary/aromatic N) is 1. The van der Waals surface area contributed by atoms with E-state index in [0.29, 0.717) is 18.7 Å². The van der Waals surface area contributed by atoms with E-state index in [-0.39, 0.29) is 17.7 Å². The Morgan fingerprint density at radius 2 is 2.05 bits per heavy atom. The molecule has 0 saturated carbocycles. The first-order valence-corrected chi connectivity index (χ1v) is 6.67. The van der Waals surface area contributed by atoms with Crippen molar-refractivity contribution < 1.29 is 18.3 Å². The van der Waals surface area contributed by atoms with Crippen LogP contribution in [-0.4, -0.2) is 36.5 Å². The van der Waals surface area contributed by atoms with E-state index in [1.165, 1.54) is 24.3 Å². The van der Waals surface area contributed by atoms with Gasteiger partial charge >= 0.3 is 6.61 Å². The molecule has 20 heavy (non-hydrogen) atoms. The molecular formula is C14H18F2N2O2. The van der Waals surface area contributed by atoms with Gasteiger partial charge in [0.05, 0.1) is 0 Å². The summed E-state index contributed by atoms with van der Waals surface area (Å²) >= 11 is 0. The number of halogens is 2. The maximum atomic E-state index is 12.4. The molecule has 1 aromatic rings. The lowest BCUT2D eigenvalue weighted by molar-refractivity contribution is -0.0498. The molecule has 1 atom stereocenters. The summed E-state index contributed by atoms with van der Waals surface area (Å²) < 4.78 is 28.4. The van der Waals surface area contributed by atoms with Crippen LogP contribution in [0.15, 0.2) is 24.3 Å². The minimum absolute atomic E-state index is 0.0468. The van der Waals surface area contributed by atoms with E-state index >= 15 is 0 Å². The lowest BCUT2D eigenvalue weighted by Crippen LogP contribution is -2.47. The quantitative estimate of drug-likeness (QED) is 0.922. The van der Waals surface area contributed by atoms with Crippen molar-refractivity contribution in [1.29, 1.82) is 0 Å². The molecule has 0 spiro atoms. The zero-order chi connectivity index (χ0) is 14.5. The van der Waals surface area contributed by atoms with Crippen LogP contribution in [0.1, 0.15) is 29.6 Å². The number of rotatable bonds is 4. The van der Waals surface area contributed by atoms with Crippen molar-refractivity contribution >= 4 is 5.91 Å². The Kier molecular flexibility index (Phi) is 4.89. The van der Waals surface area contributed by atoms with Crippen molar-refractivity contribution in [3.8, 4) is 5.75 Å². The molecule has 0 bridgehead atoms. The third kappa shape index (κ3) is 3.45. The number of hydrogen-bond acceptors (Lipinski definition) is 3. The summed E-state index contributed by atoms with van der Waals surface area (Å²) in [6.45, 7) is -1.73. The normalized spacial score (nSPS) is 19.2. The fourth-order valence-electron chi connectivity index (χ4n) is 2.46. The summed E-state index contributed by atoms with van der Waals surface area (Å²) in [4.78, 5) is 14.2. The van der Waals surface area contributed by atoms with Gasteiger partial charge in [-0.3, -0.25) is 4.79 Å². The molecule has 110 valence electrons. The second-order valence-corrected chi connectivity index (χ2v) is 4.79. The lowest BCUT2D eigenvalue weighted by Gasteiger charge is -2.35. The molecule has 4 nitrogen and oxygen atoms in total. The molecular weight excluding hydrogens is 266 g/mol. The first-order valence-electron chi connectivity index (χ1n) is 6.67. The average molecular weight is 284 g/mol. The molecule has 2 rings (SSSR count). The van der Waals surface area contributed by atoms with Crippen molar-refractivity contribution in [3.63, 3.8) is 0 Å². The SMILES string of the molecule is NCC1CCCCN1C(=O)c1ccc(OC(F)F)cc1. The summed E-state index contributed by atoms with van der Waals surface area (Å²) in [5.74, 6) is -0.0608. The topological polar surface area (TPSA) is 55.6 Å². The van der Waals surface area contributed by atoms with Crippen molar-refractivity contribution in [1.82, 2.24) is 4.90 Å². The molecule has 1 saturated heterocycles. The van der Waals surface area contributed by atoms with Crippen LogP contribution < -0.4 is 10.5 Å². The number of hydrogen-bond donors (Lipinski definition) is 1. The molecule has 1 heterocycles. The number of ether oxygens (including phenoxy) is 1. The van der Waals surface area contributed by atoms with Crippen LogP contribution in [0.4, 0.5) is 8.78 Å². The molecule has 1 aliphatic rings. The molecule has 1 amide bonds. The third-order valence-corrected chi connectivity index (χ3v) is 3.49. The van der Waals surface area contributed by atoms with Gasteiger partial charge in [-0.1, -0.05) is 0 Å². The molecule has 0 aromatic heterocycles. The predicted octanol–water partition coefficient (Wildman–Crippen LogP) is 2.24. The monoisotopic (exact) mass is 284 g/mol. The summed E-state index contributed by atoms with van der Waals surface area (Å²) in [6.07, 6.45) is 2.95. The highest BCUT2D eigenvalue weighted by molar-refractivity contribution is 5.94. The number of amides is 1. The number of nitrogens with two attached hydrogens (primary N) is 1. The summed E-state index contributed by atoms with van der Waals surface area (Å²) in [6, 6.07) is 5.82. The number of carbonyl (C=O) groups is 1. The van der Waals surface area contributed by atoms with Gasteiger partial charge in [-0.15, -0.1) is 0 Å². The van der Waals surface area contributed by atoms with E-state index in [4.69, 9.17) is 5.73 Å². The van der Waals surface area contributed by atoms with E-state index in [1.54, 1.807) is 4.90 Å². The standard InChI is InChI=1S/C14H18F2N2O2/c15-14(16)20-12-6-4-10(5-7-12)13(19)18-8-2-1-3-11(18)9-17/h4-7,11,14H,1-3,8-9,17H2. The number of benzene rings is 1. The van der Waals surface area contributed by atoms with Crippen molar-refractivity contribution in [2.75, 3.05) is 13.1 Å². The van der Waals surface area contributed by atoms with E-state index in [1.807, 2.05) is 0 Å². The summed E-state index contributed by atoms with van der Waals surface area (Å²) in [5, 5.41) is 0. The molecule has 0 aliphatic carbocycles. The Hall–Kier alpha value is -1.69. The van der Waals surface area contributed by atoms with Crippen LogP contribution in [-0.2, 0) is 0 Å². The highest BCUT2D eigenvalue weighted by Gasteiger charge is 2.26. The highest BCUT2D eigenvalue weighted by atomic mass is 19.3. The Balaban J connectivity index is 2.08. The average Bonchev–Trinajstić information content (AvgIpc) is 2.46. The molecule has 1 fully saturated rings. The van der Waals surface area contributed by atoms with Gasteiger partial charge in [0.1, 0.15) is 5.75 Å². The minimum atomic E-state index is -2.86. The van der Waals surface area contributed by atoms with E-state index in [0.717, 1.165) is 19.3 Å². The van der Waals surface area contributed by atoms with Crippen LogP contribution in [0.3, 0.4) is 0 Å². The fourth-order valence-corrected chi connectivity index (χ4v) is 2.46. The van der Waals surface area contributed by atoms with Gasteiger partial charge in [-0.05, 0) is 43.5 Å². The zero-order valence-electron chi connectivity index (χ0n) is 11.1. The Labute approximate surface area is 116 Å². The number of piperidine rings is 1. The van der Waals surface area contributed by atoms with E-state index < -0.39 is 6.61 Å². The Bertz CT molecular complexity index is 451. The van der Waals surface area contributed by atoms with Crippen LogP contribution >= 0.6 is 0 Å². The molecule has 1 aromatic carbocycles. The van der Waals surface area contributed by atoms with Gasteiger partial charge in [0.25, 0.3) is 5.91 Å². The van der Waals surface area contributed by atoms with Crippen LogP contribution in [0, 0.1) is 0 Å². The van der Waals surface area contributed by atoms with Crippen molar-refractivity contribution in [2.45, 2.75) is 31.9 Å². The smallest absolute Gasteiger partial charge is 0.387 e. The van der Waals surface area contributed by atoms with Gasteiger partial charge in [-0.2, -0.15) is 8.78 Å². The maximum absolute atomic E-state index is 12.4. The molecule has 6 heteroatoms. The van der Waals surface area contributed by atoms with Crippen LogP contribution in [0.2, 0.25) is 0 Å². The lowest BCUT2D eigenvalue weighted by atomic mass is 10.0. The number of alkyl halides is 2. The first kappa shape index (κ1) is 14.7. The predicted molar refractivity (Wildman–Crippen MR) is 70.8 cm³/mol. The van der Waals surface area contributed by atoms with Crippen molar-refractivity contribution in [2.24, 2.45) is 5.73 Å². The number of carbonyl (C=O) groups excluding carboxylic acids is 1. The van der Waals surface area contributed by atoms with Crippen molar-refractivity contribution in [3.05, 3.63) is 29.8 Å². The van der Waals surface area contributed by atoms with E-state index in [9.17, 15) is 13.6 Å². The highest BCUT2D eigenvalue weighted by Crippen LogP contribution is 2.21. The Morgan fingerprint density at radius 1 is 1.35 bits per heavy atom. The zero-order valence-corrected chi connectivity index (χ0v) is 11.1. The maximum Gasteiger partial charge on any atom is 0.387 e. The van der Waals surface area contributed by atoms with Gasteiger partial charge in [0.15, 0.2) is 0 Å². The van der Waals surface area contributed by atoms with E-state index in [2.05, 4.69) is 4.74 Å². The summed E-state index contributed by atoms with van der Waals surface area (Å²) in [5.41, 5.74) is 6.16. The largest absolute Gasteiger partial charge is 0.435 e. The van der Waals surface area contributed by atoms with Gasteiger partial charge in [-0.25, -0.2) is 0 Å².